The quantitative estimate of drug-likeness (QED) is 0.728. The van der Waals surface area contributed by atoms with Crippen LogP contribution in [0.25, 0.3) is 0 Å². The van der Waals surface area contributed by atoms with E-state index < -0.39 is 0 Å². The van der Waals surface area contributed by atoms with Gasteiger partial charge in [0.2, 0.25) is 11.8 Å². The Morgan fingerprint density at radius 3 is 3.00 bits per heavy atom. The van der Waals surface area contributed by atoms with Crippen molar-refractivity contribution in [2.75, 3.05) is 19.6 Å². The molecule has 1 atom stereocenters. The van der Waals surface area contributed by atoms with Crippen molar-refractivity contribution in [2.24, 2.45) is 5.92 Å². The van der Waals surface area contributed by atoms with E-state index in [4.69, 9.17) is 0 Å². The van der Waals surface area contributed by atoms with Crippen molar-refractivity contribution in [1.82, 2.24) is 19.8 Å². The van der Waals surface area contributed by atoms with Crippen molar-refractivity contribution in [2.45, 2.75) is 39.2 Å². The maximum Gasteiger partial charge on any atom is 0.225 e. The molecule has 1 aliphatic heterocycles. The summed E-state index contributed by atoms with van der Waals surface area (Å²) < 4.78 is 1.98. The van der Waals surface area contributed by atoms with Crippen molar-refractivity contribution in [3.8, 4) is 0 Å². The van der Waals surface area contributed by atoms with E-state index in [2.05, 4.69) is 17.2 Å². The third kappa shape index (κ3) is 4.58. The molecule has 0 spiro atoms. The lowest BCUT2D eigenvalue weighted by Crippen LogP contribution is -2.34. The van der Waals surface area contributed by atoms with E-state index in [9.17, 15) is 9.59 Å². The van der Waals surface area contributed by atoms with Gasteiger partial charge in [0.15, 0.2) is 0 Å². The lowest BCUT2D eigenvalue weighted by molar-refractivity contribution is -0.129. The van der Waals surface area contributed by atoms with Crippen LogP contribution >= 0.6 is 0 Å². The van der Waals surface area contributed by atoms with Crippen LogP contribution in [-0.4, -0.2) is 45.9 Å². The van der Waals surface area contributed by atoms with Crippen LogP contribution in [0.3, 0.4) is 0 Å². The van der Waals surface area contributed by atoms with E-state index in [0.29, 0.717) is 19.5 Å². The molecule has 1 fully saturated rings. The summed E-state index contributed by atoms with van der Waals surface area (Å²) in [5.41, 5.74) is 0. The van der Waals surface area contributed by atoms with E-state index in [0.717, 1.165) is 32.4 Å². The van der Waals surface area contributed by atoms with E-state index in [-0.39, 0.29) is 17.7 Å². The maximum absolute atomic E-state index is 12.1. The average Bonchev–Trinajstić information content (AvgIpc) is 3.11. The first-order chi connectivity index (χ1) is 10.2. The van der Waals surface area contributed by atoms with Gasteiger partial charge in [0.05, 0.1) is 12.2 Å². The number of nitrogens with zero attached hydrogens (tertiary/aromatic N) is 3. The maximum atomic E-state index is 12.1. The van der Waals surface area contributed by atoms with Gasteiger partial charge < -0.3 is 14.8 Å². The highest BCUT2D eigenvalue weighted by Gasteiger charge is 2.33. The molecular formula is C15H24N4O2. The Labute approximate surface area is 125 Å². The number of imidazole rings is 1. The van der Waals surface area contributed by atoms with Crippen molar-refractivity contribution >= 4 is 11.8 Å². The van der Waals surface area contributed by atoms with E-state index >= 15 is 0 Å². The van der Waals surface area contributed by atoms with E-state index in [1.807, 2.05) is 15.7 Å². The highest BCUT2D eigenvalue weighted by Crippen LogP contribution is 2.18. The number of carbonyl (C=O) groups excluding carboxylic acids is 2. The summed E-state index contributed by atoms with van der Waals surface area (Å²) in [5.74, 6) is -0.0578. The van der Waals surface area contributed by atoms with Crippen LogP contribution in [0.1, 0.15) is 32.6 Å². The molecule has 2 amide bonds. The molecule has 21 heavy (non-hydrogen) atoms. The molecule has 1 aliphatic rings. The highest BCUT2D eigenvalue weighted by atomic mass is 16.2. The second-order valence-electron chi connectivity index (χ2n) is 5.54. The Hall–Kier alpha value is -1.85. The summed E-state index contributed by atoms with van der Waals surface area (Å²) in [5, 5.41) is 2.93. The standard InChI is InChI=1S/C15H24N4O2/c1-2-3-8-19-11-13(10-14(19)20)15(21)17-5-4-7-18-9-6-16-12-18/h6,9,12-13H,2-5,7-8,10-11H2,1H3,(H,17,21). The van der Waals surface area contributed by atoms with Gasteiger partial charge in [-0.25, -0.2) is 4.98 Å². The smallest absolute Gasteiger partial charge is 0.225 e. The van der Waals surface area contributed by atoms with Gasteiger partial charge in [-0.2, -0.15) is 0 Å². The predicted octanol–water partition coefficient (Wildman–Crippen LogP) is 1.04. The van der Waals surface area contributed by atoms with Gasteiger partial charge in [-0.15, -0.1) is 0 Å². The highest BCUT2D eigenvalue weighted by molar-refractivity contribution is 5.89. The molecule has 0 saturated carbocycles. The molecule has 6 nitrogen and oxygen atoms in total. The predicted molar refractivity (Wildman–Crippen MR) is 79.4 cm³/mol. The van der Waals surface area contributed by atoms with Crippen molar-refractivity contribution in [1.29, 1.82) is 0 Å². The normalized spacial score (nSPS) is 18.2. The van der Waals surface area contributed by atoms with Gasteiger partial charge in [0.1, 0.15) is 0 Å². The molecule has 2 heterocycles. The molecule has 1 N–H and O–H groups in total. The van der Waals surface area contributed by atoms with Crippen molar-refractivity contribution in [3.63, 3.8) is 0 Å². The van der Waals surface area contributed by atoms with Crippen LogP contribution in [0.5, 0.6) is 0 Å². The zero-order valence-electron chi connectivity index (χ0n) is 12.6. The van der Waals surface area contributed by atoms with Crippen LogP contribution in [0.2, 0.25) is 0 Å². The Kier molecular flexibility index (Phi) is 5.78. The molecule has 2 rings (SSSR count). The first-order valence-corrected chi connectivity index (χ1v) is 7.72. The molecule has 6 heteroatoms. The average molecular weight is 292 g/mol. The van der Waals surface area contributed by atoms with Gasteiger partial charge in [0, 0.05) is 45.0 Å². The van der Waals surface area contributed by atoms with Gasteiger partial charge in [-0.3, -0.25) is 9.59 Å². The zero-order chi connectivity index (χ0) is 15.1. The first kappa shape index (κ1) is 15.5. The number of carbonyl (C=O) groups is 2. The third-order valence-electron chi connectivity index (χ3n) is 3.82. The van der Waals surface area contributed by atoms with E-state index in [1.54, 1.807) is 12.5 Å². The number of nitrogens with one attached hydrogen (secondary N) is 1. The molecule has 1 aromatic rings. The Balaban J connectivity index is 1.65. The number of likely N-dealkylation sites (tertiary alicyclic amines) is 1. The minimum Gasteiger partial charge on any atom is -0.356 e. The molecule has 1 aromatic heterocycles. The molecule has 1 saturated heterocycles. The summed E-state index contributed by atoms with van der Waals surface area (Å²) >= 11 is 0. The number of aryl methyl sites for hydroxylation is 1. The second-order valence-corrected chi connectivity index (χ2v) is 5.54. The molecule has 0 aliphatic carbocycles. The lowest BCUT2D eigenvalue weighted by Gasteiger charge is -2.15. The Bertz CT molecular complexity index is 458. The number of hydrogen-bond acceptors (Lipinski definition) is 3. The van der Waals surface area contributed by atoms with Crippen LogP contribution in [0.15, 0.2) is 18.7 Å². The molecule has 116 valence electrons. The van der Waals surface area contributed by atoms with Crippen molar-refractivity contribution < 1.29 is 9.59 Å². The summed E-state index contributed by atoms with van der Waals surface area (Å²) in [6.07, 6.45) is 8.71. The second kappa shape index (κ2) is 7.81. The first-order valence-electron chi connectivity index (χ1n) is 7.72. The molecule has 0 bridgehead atoms. The fourth-order valence-corrected chi connectivity index (χ4v) is 2.55. The van der Waals surface area contributed by atoms with Gasteiger partial charge >= 0.3 is 0 Å². The van der Waals surface area contributed by atoms with Gasteiger partial charge in [0.25, 0.3) is 0 Å². The molecular weight excluding hydrogens is 268 g/mol. The number of aromatic nitrogens is 2. The van der Waals surface area contributed by atoms with E-state index in [1.165, 1.54) is 0 Å². The molecule has 0 aromatic carbocycles. The summed E-state index contributed by atoms with van der Waals surface area (Å²) in [4.78, 5) is 29.7. The monoisotopic (exact) mass is 292 g/mol. The topological polar surface area (TPSA) is 67.2 Å². The number of hydrogen-bond donors (Lipinski definition) is 1. The van der Waals surface area contributed by atoms with Crippen molar-refractivity contribution in [3.05, 3.63) is 18.7 Å². The van der Waals surface area contributed by atoms with Crippen LogP contribution < -0.4 is 5.32 Å². The number of amides is 2. The Morgan fingerprint density at radius 2 is 2.29 bits per heavy atom. The molecule has 0 radical (unpaired) electrons. The van der Waals surface area contributed by atoms with Gasteiger partial charge in [-0.05, 0) is 12.8 Å². The number of unbranched alkanes of at least 4 members (excludes halogenated alkanes) is 1. The molecule has 1 unspecified atom stereocenters. The minimum atomic E-state index is -0.178. The fourth-order valence-electron chi connectivity index (χ4n) is 2.55. The van der Waals surface area contributed by atoms with Crippen LogP contribution in [0.4, 0.5) is 0 Å². The summed E-state index contributed by atoms with van der Waals surface area (Å²) in [6, 6.07) is 0. The Morgan fingerprint density at radius 1 is 1.43 bits per heavy atom. The minimum absolute atomic E-state index is 0.00739. The fraction of sp³-hybridized carbons (Fsp3) is 0.667. The number of rotatable bonds is 8. The van der Waals surface area contributed by atoms with Crippen LogP contribution in [0, 0.1) is 5.92 Å². The summed E-state index contributed by atoms with van der Waals surface area (Å²) in [7, 11) is 0. The zero-order valence-corrected chi connectivity index (χ0v) is 12.6. The summed E-state index contributed by atoms with van der Waals surface area (Å²) in [6.45, 7) is 4.93. The van der Waals surface area contributed by atoms with Gasteiger partial charge in [-0.1, -0.05) is 13.3 Å². The van der Waals surface area contributed by atoms with Crippen LogP contribution in [-0.2, 0) is 16.1 Å². The third-order valence-corrected chi connectivity index (χ3v) is 3.82. The lowest BCUT2D eigenvalue weighted by atomic mass is 10.1. The SMILES string of the molecule is CCCCN1CC(C(=O)NCCCn2ccnc2)CC1=O. The largest absolute Gasteiger partial charge is 0.356 e.